The number of hydrogen-bond donors (Lipinski definition) is 1. The lowest BCUT2D eigenvalue weighted by Crippen LogP contribution is -2.20. The van der Waals surface area contributed by atoms with Crippen LogP contribution in [0.2, 0.25) is 0 Å². The maximum Gasteiger partial charge on any atom is 0.282 e. The SMILES string of the molecule is COc1cccc2oc(-c3nc4ccccc4c(=O)n3N=Cc3ccc(O)cc3)cc12. The predicted octanol–water partition coefficient (Wildman–Crippen LogP) is 4.41. The van der Waals surface area contributed by atoms with E-state index in [1.807, 2.05) is 24.3 Å². The van der Waals surface area contributed by atoms with Crippen molar-refractivity contribution in [3.63, 3.8) is 0 Å². The molecule has 2 aromatic heterocycles. The highest BCUT2D eigenvalue weighted by atomic mass is 16.5. The van der Waals surface area contributed by atoms with Crippen LogP contribution in [-0.4, -0.2) is 28.1 Å². The van der Waals surface area contributed by atoms with Crippen molar-refractivity contribution < 1.29 is 14.3 Å². The molecule has 0 saturated carbocycles. The Morgan fingerprint density at radius 2 is 1.84 bits per heavy atom. The number of rotatable bonds is 4. The van der Waals surface area contributed by atoms with E-state index in [2.05, 4.69) is 10.1 Å². The van der Waals surface area contributed by atoms with Gasteiger partial charge in [-0.3, -0.25) is 4.79 Å². The molecule has 1 N–H and O–H groups in total. The first-order chi connectivity index (χ1) is 15.1. The molecular formula is C24H17N3O4. The van der Waals surface area contributed by atoms with Gasteiger partial charge in [-0.15, -0.1) is 0 Å². The van der Waals surface area contributed by atoms with E-state index in [1.165, 1.54) is 10.9 Å². The first-order valence-electron chi connectivity index (χ1n) is 9.56. The lowest BCUT2D eigenvalue weighted by atomic mass is 10.2. The van der Waals surface area contributed by atoms with Crippen LogP contribution in [0.5, 0.6) is 11.5 Å². The van der Waals surface area contributed by atoms with Crippen molar-refractivity contribution in [3.05, 3.63) is 88.7 Å². The topological polar surface area (TPSA) is 89.9 Å². The molecule has 0 bridgehead atoms. The molecule has 5 rings (SSSR count). The van der Waals surface area contributed by atoms with Crippen LogP contribution in [0, 0.1) is 0 Å². The first-order valence-corrected chi connectivity index (χ1v) is 9.56. The normalized spacial score (nSPS) is 11.5. The summed E-state index contributed by atoms with van der Waals surface area (Å²) in [6, 6.07) is 20.9. The maximum absolute atomic E-state index is 13.2. The van der Waals surface area contributed by atoms with E-state index < -0.39 is 0 Å². The van der Waals surface area contributed by atoms with Gasteiger partial charge in [-0.25, -0.2) is 4.98 Å². The molecule has 2 heterocycles. The molecule has 5 aromatic rings. The zero-order valence-electron chi connectivity index (χ0n) is 16.5. The van der Waals surface area contributed by atoms with Crippen molar-refractivity contribution in [1.29, 1.82) is 0 Å². The van der Waals surface area contributed by atoms with E-state index in [4.69, 9.17) is 9.15 Å². The summed E-state index contributed by atoms with van der Waals surface area (Å²) >= 11 is 0. The van der Waals surface area contributed by atoms with Crippen molar-refractivity contribution in [2.75, 3.05) is 7.11 Å². The Bertz CT molecular complexity index is 1500. The van der Waals surface area contributed by atoms with E-state index >= 15 is 0 Å². The number of aromatic nitrogens is 2. The molecular weight excluding hydrogens is 394 g/mol. The second-order valence-corrected chi connectivity index (χ2v) is 6.89. The highest BCUT2D eigenvalue weighted by Crippen LogP contribution is 2.32. The van der Waals surface area contributed by atoms with Gasteiger partial charge < -0.3 is 14.3 Å². The van der Waals surface area contributed by atoms with Crippen molar-refractivity contribution >= 4 is 28.1 Å². The van der Waals surface area contributed by atoms with E-state index in [0.29, 0.717) is 28.0 Å². The quantitative estimate of drug-likeness (QED) is 0.443. The lowest BCUT2D eigenvalue weighted by molar-refractivity contribution is 0.419. The summed E-state index contributed by atoms with van der Waals surface area (Å²) in [4.78, 5) is 17.9. The third-order valence-corrected chi connectivity index (χ3v) is 4.93. The molecule has 0 aliphatic rings. The molecule has 152 valence electrons. The molecule has 0 aliphatic carbocycles. The van der Waals surface area contributed by atoms with E-state index in [1.54, 1.807) is 55.6 Å². The molecule has 0 amide bonds. The van der Waals surface area contributed by atoms with Crippen LogP contribution in [-0.2, 0) is 0 Å². The van der Waals surface area contributed by atoms with Crippen molar-refractivity contribution in [2.45, 2.75) is 0 Å². The number of furan rings is 1. The molecule has 7 nitrogen and oxygen atoms in total. The van der Waals surface area contributed by atoms with Crippen LogP contribution in [0.1, 0.15) is 5.56 Å². The first kappa shape index (κ1) is 18.6. The zero-order chi connectivity index (χ0) is 21.4. The summed E-state index contributed by atoms with van der Waals surface area (Å²) in [5.74, 6) is 1.48. The highest BCUT2D eigenvalue weighted by molar-refractivity contribution is 5.88. The number of methoxy groups -OCH3 is 1. The molecule has 3 aromatic carbocycles. The summed E-state index contributed by atoms with van der Waals surface area (Å²) in [6.45, 7) is 0. The Hall–Kier alpha value is -4.39. The van der Waals surface area contributed by atoms with Gasteiger partial charge in [-0.1, -0.05) is 18.2 Å². The number of ether oxygens (including phenoxy) is 1. The van der Waals surface area contributed by atoms with Crippen molar-refractivity contribution in [3.8, 4) is 23.1 Å². The van der Waals surface area contributed by atoms with Gasteiger partial charge in [0.25, 0.3) is 5.56 Å². The van der Waals surface area contributed by atoms with Crippen LogP contribution >= 0.6 is 0 Å². The minimum absolute atomic E-state index is 0.151. The van der Waals surface area contributed by atoms with Gasteiger partial charge in [0.2, 0.25) is 5.82 Å². The maximum atomic E-state index is 13.2. The summed E-state index contributed by atoms with van der Waals surface area (Å²) in [6.07, 6.45) is 1.53. The Morgan fingerprint density at radius 3 is 2.65 bits per heavy atom. The number of aromatic hydroxyl groups is 1. The molecule has 31 heavy (non-hydrogen) atoms. The van der Waals surface area contributed by atoms with Crippen LogP contribution in [0.3, 0.4) is 0 Å². The molecule has 0 spiro atoms. The predicted molar refractivity (Wildman–Crippen MR) is 119 cm³/mol. The largest absolute Gasteiger partial charge is 0.508 e. The lowest BCUT2D eigenvalue weighted by Gasteiger charge is -2.07. The van der Waals surface area contributed by atoms with E-state index in [9.17, 15) is 9.90 Å². The van der Waals surface area contributed by atoms with E-state index in [0.717, 1.165) is 10.9 Å². The summed E-state index contributed by atoms with van der Waals surface area (Å²) in [5.41, 5.74) is 1.56. The summed E-state index contributed by atoms with van der Waals surface area (Å²) in [5, 5.41) is 15.1. The van der Waals surface area contributed by atoms with Gasteiger partial charge in [0, 0.05) is 0 Å². The Labute approximate surface area is 176 Å². The minimum atomic E-state index is -0.317. The number of fused-ring (bicyclic) bond motifs is 2. The fourth-order valence-corrected chi connectivity index (χ4v) is 3.40. The van der Waals surface area contributed by atoms with Gasteiger partial charge in [0.15, 0.2) is 5.76 Å². The number of nitrogens with zero attached hydrogens (tertiary/aromatic N) is 3. The van der Waals surface area contributed by atoms with Gasteiger partial charge >= 0.3 is 0 Å². The molecule has 0 unspecified atom stereocenters. The fraction of sp³-hybridized carbons (Fsp3) is 0.0417. The van der Waals surface area contributed by atoms with Gasteiger partial charge in [-0.2, -0.15) is 9.78 Å². The van der Waals surface area contributed by atoms with Gasteiger partial charge in [0.1, 0.15) is 17.1 Å². The molecule has 7 heteroatoms. The molecule has 0 aliphatic heterocycles. The monoisotopic (exact) mass is 411 g/mol. The van der Waals surface area contributed by atoms with Crippen LogP contribution in [0.25, 0.3) is 33.5 Å². The third-order valence-electron chi connectivity index (χ3n) is 4.93. The van der Waals surface area contributed by atoms with Gasteiger partial charge in [0.05, 0.1) is 29.6 Å². The Kier molecular flexibility index (Phi) is 4.48. The molecule has 0 saturated heterocycles. The van der Waals surface area contributed by atoms with Gasteiger partial charge in [-0.05, 0) is 60.2 Å². The number of para-hydroxylation sites is 1. The van der Waals surface area contributed by atoms with Crippen molar-refractivity contribution in [2.24, 2.45) is 5.10 Å². The average Bonchev–Trinajstić information content (AvgIpc) is 3.24. The standard InChI is InChI=1S/C24H17N3O4/c1-30-20-7-4-8-21-18(20)13-22(31-21)23-26-19-6-3-2-5-17(19)24(29)27(23)25-14-15-9-11-16(28)12-10-15/h2-14,28H,1H3. The van der Waals surface area contributed by atoms with Crippen LogP contribution < -0.4 is 10.3 Å². The molecule has 0 fully saturated rings. The molecule has 0 atom stereocenters. The number of benzene rings is 3. The third kappa shape index (κ3) is 3.32. The molecule has 0 radical (unpaired) electrons. The number of phenolic OH excluding ortho intramolecular Hbond substituents is 1. The van der Waals surface area contributed by atoms with Crippen LogP contribution in [0.15, 0.2) is 87.1 Å². The Balaban J connectivity index is 1.74. The van der Waals surface area contributed by atoms with Crippen molar-refractivity contribution in [1.82, 2.24) is 9.66 Å². The van der Waals surface area contributed by atoms with E-state index in [-0.39, 0.29) is 17.1 Å². The minimum Gasteiger partial charge on any atom is -0.508 e. The van der Waals surface area contributed by atoms with Crippen LogP contribution in [0.4, 0.5) is 0 Å². The average molecular weight is 411 g/mol. The zero-order valence-corrected chi connectivity index (χ0v) is 16.5. The Morgan fingerprint density at radius 1 is 1.03 bits per heavy atom. The number of hydrogen-bond acceptors (Lipinski definition) is 6. The smallest absolute Gasteiger partial charge is 0.282 e. The summed E-state index contributed by atoms with van der Waals surface area (Å²) in [7, 11) is 1.59. The second kappa shape index (κ2) is 7.46. The fourth-order valence-electron chi connectivity index (χ4n) is 3.40. The second-order valence-electron chi connectivity index (χ2n) is 6.89. The summed E-state index contributed by atoms with van der Waals surface area (Å²) < 4.78 is 12.6. The highest BCUT2D eigenvalue weighted by Gasteiger charge is 2.17. The number of phenols is 1.